The lowest BCUT2D eigenvalue weighted by atomic mass is 10.1. The molecule has 0 unspecified atom stereocenters. The summed E-state index contributed by atoms with van der Waals surface area (Å²) < 4.78 is 45.2. The Hall–Kier alpha value is -3.29. The van der Waals surface area contributed by atoms with Crippen molar-refractivity contribution in [3.8, 4) is 5.75 Å². The summed E-state index contributed by atoms with van der Waals surface area (Å²) in [6, 6.07) is 13.2. The number of para-hydroxylation sites is 1. The zero-order valence-corrected chi connectivity index (χ0v) is 13.2. The highest BCUT2D eigenvalue weighted by atomic mass is 19.4. The van der Waals surface area contributed by atoms with Crippen LogP contribution in [-0.2, 0) is 6.54 Å². The Morgan fingerprint density at radius 2 is 1.77 bits per heavy atom. The first-order chi connectivity index (χ1) is 12.3. The molecule has 26 heavy (non-hydrogen) atoms. The average molecular weight is 363 g/mol. The standard InChI is InChI=1S/C18H12F3NO4/c19-18(20,21)26-13-7-5-11(6-8-13)10-22-16(23)14-9-12-3-1-2-4-15(12)25-17(14)24/h1-9H,10H2,(H,22,23). The lowest BCUT2D eigenvalue weighted by molar-refractivity contribution is -0.274. The number of nitrogens with one attached hydrogen (secondary N) is 1. The number of hydrogen-bond donors (Lipinski definition) is 1. The van der Waals surface area contributed by atoms with Crippen molar-refractivity contribution in [3.05, 3.63) is 76.1 Å². The van der Waals surface area contributed by atoms with E-state index in [1.54, 1.807) is 24.3 Å². The number of benzene rings is 2. The lowest BCUT2D eigenvalue weighted by Gasteiger charge is -2.09. The smallest absolute Gasteiger partial charge is 0.422 e. The van der Waals surface area contributed by atoms with Crippen molar-refractivity contribution in [1.82, 2.24) is 5.32 Å². The van der Waals surface area contributed by atoms with Crippen LogP contribution in [0.25, 0.3) is 11.0 Å². The Kier molecular flexibility index (Phi) is 4.66. The molecule has 1 aromatic heterocycles. The van der Waals surface area contributed by atoms with Crippen molar-refractivity contribution < 1.29 is 27.1 Å². The molecule has 1 N–H and O–H groups in total. The maximum Gasteiger partial charge on any atom is 0.573 e. The van der Waals surface area contributed by atoms with Crippen molar-refractivity contribution in [2.45, 2.75) is 12.9 Å². The van der Waals surface area contributed by atoms with E-state index in [-0.39, 0.29) is 17.9 Å². The largest absolute Gasteiger partial charge is 0.573 e. The van der Waals surface area contributed by atoms with Crippen LogP contribution < -0.4 is 15.7 Å². The van der Waals surface area contributed by atoms with Gasteiger partial charge in [0.1, 0.15) is 16.9 Å². The van der Waals surface area contributed by atoms with Crippen LogP contribution in [0, 0.1) is 0 Å². The molecule has 3 rings (SSSR count). The first-order valence-electron chi connectivity index (χ1n) is 7.47. The third-order valence-corrected chi connectivity index (χ3v) is 3.50. The number of alkyl halides is 3. The zero-order chi connectivity index (χ0) is 18.7. The van der Waals surface area contributed by atoms with Crippen LogP contribution in [0.3, 0.4) is 0 Å². The Labute approximate surface area is 145 Å². The Balaban J connectivity index is 1.69. The Bertz CT molecular complexity index is 994. The van der Waals surface area contributed by atoms with Gasteiger partial charge in [0.25, 0.3) is 5.91 Å². The van der Waals surface area contributed by atoms with Crippen molar-refractivity contribution in [2.24, 2.45) is 0 Å². The summed E-state index contributed by atoms with van der Waals surface area (Å²) in [4.78, 5) is 24.1. The van der Waals surface area contributed by atoms with Gasteiger partial charge in [0.05, 0.1) is 0 Å². The van der Waals surface area contributed by atoms with E-state index in [1.165, 1.54) is 18.2 Å². The monoisotopic (exact) mass is 363 g/mol. The SMILES string of the molecule is O=C(NCc1ccc(OC(F)(F)F)cc1)c1cc2ccccc2oc1=O. The number of fused-ring (bicyclic) bond motifs is 1. The van der Waals surface area contributed by atoms with E-state index in [1.807, 2.05) is 0 Å². The van der Waals surface area contributed by atoms with E-state index in [0.717, 1.165) is 12.1 Å². The van der Waals surface area contributed by atoms with E-state index in [9.17, 15) is 22.8 Å². The minimum Gasteiger partial charge on any atom is -0.422 e. The number of hydrogen-bond acceptors (Lipinski definition) is 4. The Morgan fingerprint density at radius 3 is 2.46 bits per heavy atom. The molecule has 0 saturated carbocycles. The van der Waals surface area contributed by atoms with Crippen LogP contribution in [-0.4, -0.2) is 12.3 Å². The van der Waals surface area contributed by atoms with Crippen molar-refractivity contribution in [1.29, 1.82) is 0 Å². The fourth-order valence-electron chi connectivity index (χ4n) is 2.31. The van der Waals surface area contributed by atoms with Gasteiger partial charge >= 0.3 is 12.0 Å². The molecule has 0 bridgehead atoms. The second-order valence-corrected chi connectivity index (χ2v) is 5.36. The summed E-state index contributed by atoms with van der Waals surface area (Å²) in [5.74, 6) is -0.997. The predicted molar refractivity (Wildman–Crippen MR) is 86.8 cm³/mol. The summed E-state index contributed by atoms with van der Waals surface area (Å²) in [5, 5.41) is 3.13. The average Bonchev–Trinajstić information content (AvgIpc) is 2.59. The minimum absolute atomic E-state index is 0.0252. The minimum atomic E-state index is -4.76. The molecule has 0 aliphatic carbocycles. The van der Waals surface area contributed by atoms with E-state index in [2.05, 4.69) is 10.1 Å². The van der Waals surface area contributed by atoms with E-state index < -0.39 is 17.9 Å². The van der Waals surface area contributed by atoms with Gasteiger partial charge in [-0.2, -0.15) is 0 Å². The molecule has 0 saturated heterocycles. The first kappa shape index (κ1) is 17.5. The molecule has 1 heterocycles. The quantitative estimate of drug-likeness (QED) is 0.719. The van der Waals surface area contributed by atoms with E-state index >= 15 is 0 Å². The first-order valence-corrected chi connectivity index (χ1v) is 7.47. The van der Waals surface area contributed by atoms with Crippen LogP contribution in [0.5, 0.6) is 5.75 Å². The van der Waals surface area contributed by atoms with Crippen LogP contribution in [0.1, 0.15) is 15.9 Å². The fraction of sp³-hybridized carbons (Fsp3) is 0.111. The maximum atomic E-state index is 12.2. The molecule has 2 aromatic carbocycles. The molecule has 0 fully saturated rings. The second-order valence-electron chi connectivity index (χ2n) is 5.36. The normalized spacial score (nSPS) is 11.3. The number of ether oxygens (including phenoxy) is 1. The van der Waals surface area contributed by atoms with Crippen molar-refractivity contribution in [3.63, 3.8) is 0 Å². The van der Waals surface area contributed by atoms with Crippen molar-refractivity contribution >= 4 is 16.9 Å². The third kappa shape index (κ3) is 4.21. The molecular weight excluding hydrogens is 351 g/mol. The zero-order valence-electron chi connectivity index (χ0n) is 13.2. The molecular formula is C18H12F3NO4. The summed E-state index contributed by atoms with van der Waals surface area (Å²) >= 11 is 0. The highest BCUT2D eigenvalue weighted by Crippen LogP contribution is 2.22. The molecule has 0 aliphatic rings. The number of halogens is 3. The van der Waals surface area contributed by atoms with Gasteiger partial charge in [-0.1, -0.05) is 30.3 Å². The van der Waals surface area contributed by atoms with Crippen molar-refractivity contribution in [2.75, 3.05) is 0 Å². The topological polar surface area (TPSA) is 68.5 Å². The molecule has 0 atom stereocenters. The second kappa shape index (κ2) is 6.91. The van der Waals surface area contributed by atoms with Gasteiger partial charge in [-0.15, -0.1) is 13.2 Å². The molecule has 0 spiro atoms. The maximum absolute atomic E-state index is 12.2. The molecule has 3 aromatic rings. The van der Waals surface area contributed by atoms with Gasteiger partial charge in [0.2, 0.25) is 0 Å². The van der Waals surface area contributed by atoms with Crippen LogP contribution in [0.15, 0.2) is 63.8 Å². The number of rotatable bonds is 4. The number of amides is 1. The van der Waals surface area contributed by atoms with Gasteiger partial charge in [0.15, 0.2) is 0 Å². The summed E-state index contributed by atoms with van der Waals surface area (Å²) in [7, 11) is 0. The highest BCUT2D eigenvalue weighted by Gasteiger charge is 2.30. The highest BCUT2D eigenvalue weighted by molar-refractivity contribution is 5.96. The molecule has 0 aliphatic heterocycles. The summed E-state index contributed by atoms with van der Waals surface area (Å²) in [6.07, 6.45) is -4.76. The van der Waals surface area contributed by atoms with Gasteiger partial charge < -0.3 is 14.5 Å². The molecule has 0 radical (unpaired) electrons. The molecule has 1 amide bonds. The van der Waals surface area contributed by atoms with Gasteiger partial charge in [-0.05, 0) is 29.8 Å². The van der Waals surface area contributed by atoms with Gasteiger partial charge in [-0.25, -0.2) is 4.79 Å². The van der Waals surface area contributed by atoms with E-state index in [4.69, 9.17) is 4.42 Å². The Morgan fingerprint density at radius 1 is 1.08 bits per heavy atom. The van der Waals surface area contributed by atoms with Gasteiger partial charge in [0, 0.05) is 11.9 Å². The number of carbonyl (C=O) groups excluding carboxylic acids is 1. The van der Waals surface area contributed by atoms with Crippen LogP contribution >= 0.6 is 0 Å². The molecule has 134 valence electrons. The summed E-state index contributed by atoms with van der Waals surface area (Å²) in [6.45, 7) is 0.0252. The molecule has 5 nitrogen and oxygen atoms in total. The van der Waals surface area contributed by atoms with Crippen LogP contribution in [0.2, 0.25) is 0 Å². The number of carbonyl (C=O) groups is 1. The third-order valence-electron chi connectivity index (χ3n) is 3.50. The van der Waals surface area contributed by atoms with E-state index in [0.29, 0.717) is 16.5 Å². The lowest BCUT2D eigenvalue weighted by Crippen LogP contribution is -2.27. The predicted octanol–water partition coefficient (Wildman–Crippen LogP) is 3.62. The summed E-state index contributed by atoms with van der Waals surface area (Å²) in [5.41, 5.74) is -0.0109. The fourth-order valence-corrected chi connectivity index (χ4v) is 2.31. The molecule has 8 heteroatoms. The van der Waals surface area contributed by atoms with Crippen LogP contribution in [0.4, 0.5) is 13.2 Å². The van der Waals surface area contributed by atoms with Gasteiger partial charge in [-0.3, -0.25) is 4.79 Å².